The molecule has 0 aliphatic carbocycles. The molecule has 4 heteroatoms. The maximum atomic E-state index is 10.4. The number of pyridine rings is 1. The number of hydrogen-bond acceptors (Lipinski definition) is 2. The number of hydrogen-bond donors (Lipinski definition) is 1. The van der Waals surface area contributed by atoms with Gasteiger partial charge in [0.25, 0.3) is 0 Å². The molecule has 0 saturated heterocycles. The van der Waals surface area contributed by atoms with Crippen LogP contribution in [0, 0.1) is 0 Å². The van der Waals surface area contributed by atoms with Gasteiger partial charge in [-0.05, 0) is 17.7 Å². The van der Waals surface area contributed by atoms with Crippen molar-refractivity contribution in [3.63, 3.8) is 0 Å². The van der Waals surface area contributed by atoms with Gasteiger partial charge < -0.3 is 5.11 Å². The Balaban J connectivity index is 2.85. The van der Waals surface area contributed by atoms with Crippen LogP contribution in [0.3, 0.4) is 0 Å². The number of aromatic nitrogens is 1. The van der Waals surface area contributed by atoms with Crippen molar-refractivity contribution in [1.29, 1.82) is 0 Å². The molecule has 0 amide bonds. The molecule has 0 aliphatic rings. The molecule has 58 valence electrons. The molecule has 0 aromatic carbocycles. The van der Waals surface area contributed by atoms with Crippen LogP contribution >= 0.6 is 15.9 Å². The van der Waals surface area contributed by atoms with E-state index in [1.54, 1.807) is 24.5 Å². The van der Waals surface area contributed by atoms with Crippen molar-refractivity contribution < 1.29 is 9.90 Å². The van der Waals surface area contributed by atoms with Gasteiger partial charge in [-0.3, -0.25) is 9.78 Å². The molecule has 1 aromatic heterocycles. The van der Waals surface area contributed by atoms with Gasteiger partial charge >= 0.3 is 5.97 Å². The van der Waals surface area contributed by atoms with Crippen LogP contribution in [0.25, 0.3) is 0 Å². The maximum Gasteiger partial charge on any atom is 0.321 e. The minimum absolute atomic E-state index is 0.634. The zero-order valence-corrected chi connectivity index (χ0v) is 7.15. The van der Waals surface area contributed by atoms with Crippen molar-refractivity contribution in [2.75, 3.05) is 0 Å². The van der Waals surface area contributed by atoms with Crippen molar-refractivity contribution in [2.45, 2.75) is 4.83 Å². The third kappa shape index (κ3) is 2.01. The summed E-state index contributed by atoms with van der Waals surface area (Å²) in [7, 11) is 0. The van der Waals surface area contributed by atoms with E-state index in [2.05, 4.69) is 20.9 Å². The number of rotatable bonds is 2. The molecular formula is C7H6BrNO2. The first-order chi connectivity index (χ1) is 5.22. The largest absolute Gasteiger partial charge is 0.480 e. The van der Waals surface area contributed by atoms with Crippen LogP contribution in [0.5, 0.6) is 0 Å². The Morgan fingerprint density at radius 1 is 1.55 bits per heavy atom. The van der Waals surface area contributed by atoms with E-state index >= 15 is 0 Å². The molecule has 1 rings (SSSR count). The van der Waals surface area contributed by atoms with E-state index in [0.29, 0.717) is 5.56 Å². The van der Waals surface area contributed by atoms with Crippen molar-refractivity contribution in [3.8, 4) is 0 Å². The number of carboxylic acid groups (broad SMARTS) is 1. The Kier molecular flexibility index (Phi) is 2.59. The normalized spacial score (nSPS) is 12.5. The van der Waals surface area contributed by atoms with Gasteiger partial charge in [0.15, 0.2) is 0 Å². The molecule has 1 aromatic rings. The van der Waals surface area contributed by atoms with Gasteiger partial charge in [-0.15, -0.1) is 0 Å². The number of alkyl halides is 1. The average molecular weight is 216 g/mol. The molecule has 1 atom stereocenters. The fourth-order valence-electron chi connectivity index (χ4n) is 0.675. The highest BCUT2D eigenvalue weighted by Gasteiger charge is 2.14. The van der Waals surface area contributed by atoms with Gasteiger partial charge in [-0.2, -0.15) is 0 Å². The molecule has 11 heavy (non-hydrogen) atoms. The van der Waals surface area contributed by atoms with Gasteiger partial charge in [0.1, 0.15) is 4.83 Å². The molecule has 0 radical (unpaired) electrons. The van der Waals surface area contributed by atoms with Crippen molar-refractivity contribution in [3.05, 3.63) is 30.1 Å². The van der Waals surface area contributed by atoms with Gasteiger partial charge in [-0.25, -0.2) is 0 Å². The summed E-state index contributed by atoms with van der Waals surface area (Å²) >= 11 is 3.02. The van der Waals surface area contributed by atoms with E-state index in [1.165, 1.54) is 0 Å². The van der Waals surface area contributed by atoms with Crippen LogP contribution in [-0.2, 0) is 4.79 Å². The molecule has 1 unspecified atom stereocenters. The summed E-state index contributed by atoms with van der Waals surface area (Å²) in [5, 5.41) is 8.57. The number of nitrogens with zero attached hydrogens (tertiary/aromatic N) is 1. The van der Waals surface area contributed by atoms with Crippen molar-refractivity contribution >= 4 is 21.9 Å². The smallest absolute Gasteiger partial charge is 0.321 e. The molecule has 3 nitrogen and oxygen atoms in total. The fourth-order valence-corrected chi connectivity index (χ4v) is 0.980. The van der Waals surface area contributed by atoms with Crippen LogP contribution < -0.4 is 0 Å². The van der Waals surface area contributed by atoms with Crippen LogP contribution in [0.4, 0.5) is 0 Å². The molecule has 0 fully saturated rings. The Labute approximate surface area is 72.2 Å². The highest BCUT2D eigenvalue weighted by molar-refractivity contribution is 9.09. The second kappa shape index (κ2) is 3.48. The molecule has 0 bridgehead atoms. The monoisotopic (exact) mass is 215 g/mol. The summed E-state index contributed by atoms with van der Waals surface area (Å²) in [6.07, 6.45) is 3.12. The Bertz CT molecular complexity index is 250. The zero-order valence-electron chi connectivity index (χ0n) is 5.57. The summed E-state index contributed by atoms with van der Waals surface area (Å²) in [4.78, 5) is 13.6. The summed E-state index contributed by atoms with van der Waals surface area (Å²) in [5.41, 5.74) is 0.701. The Morgan fingerprint density at radius 3 is 2.55 bits per heavy atom. The first kappa shape index (κ1) is 8.20. The van der Waals surface area contributed by atoms with Crippen LogP contribution in [0.2, 0.25) is 0 Å². The van der Waals surface area contributed by atoms with Gasteiger partial charge in [-0.1, -0.05) is 15.9 Å². The van der Waals surface area contributed by atoms with E-state index in [9.17, 15) is 4.79 Å². The standard InChI is InChI=1S/C7H6BrNO2/c8-6(7(10)11)5-1-3-9-4-2-5/h1-4,6H,(H,10,11). The van der Waals surface area contributed by atoms with Crippen LogP contribution in [0.1, 0.15) is 10.4 Å². The SMILES string of the molecule is O=C(O)C(Br)c1ccncc1. The summed E-state index contributed by atoms with van der Waals surface area (Å²) < 4.78 is 0. The van der Waals surface area contributed by atoms with E-state index in [1.807, 2.05) is 0 Å². The van der Waals surface area contributed by atoms with Gasteiger partial charge in [0, 0.05) is 12.4 Å². The second-order valence-electron chi connectivity index (χ2n) is 1.98. The van der Waals surface area contributed by atoms with E-state index in [-0.39, 0.29) is 0 Å². The average Bonchev–Trinajstić information content (AvgIpc) is 2.05. The predicted octanol–water partition coefficient (Wildman–Crippen LogP) is 1.60. The highest BCUT2D eigenvalue weighted by Crippen LogP contribution is 2.21. The van der Waals surface area contributed by atoms with Crippen molar-refractivity contribution in [2.24, 2.45) is 0 Å². The minimum Gasteiger partial charge on any atom is -0.480 e. The van der Waals surface area contributed by atoms with E-state index in [0.717, 1.165) is 0 Å². The summed E-state index contributed by atoms with van der Waals surface area (Å²) in [6.45, 7) is 0. The Morgan fingerprint density at radius 2 is 2.09 bits per heavy atom. The lowest BCUT2D eigenvalue weighted by molar-refractivity contribution is -0.136. The topological polar surface area (TPSA) is 50.2 Å². The fraction of sp³-hybridized carbons (Fsp3) is 0.143. The maximum absolute atomic E-state index is 10.4. The quantitative estimate of drug-likeness (QED) is 0.763. The lowest BCUT2D eigenvalue weighted by Gasteiger charge is -2.01. The third-order valence-corrected chi connectivity index (χ3v) is 2.14. The van der Waals surface area contributed by atoms with Crippen molar-refractivity contribution in [1.82, 2.24) is 4.98 Å². The number of carboxylic acids is 1. The van der Waals surface area contributed by atoms with Crippen LogP contribution in [-0.4, -0.2) is 16.1 Å². The molecule has 0 spiro atoms. The number of aliphatic carboxylic acids is 1. The lowest BCUT2D eigenvalue weighted by Crippen LogP contribution is -2.03. The van der Waals surface area contributed by atoms with Gasteiger partial charge in [0.05, 0.1) is 0 Å². The first-order valence-electron chi connectivity index (χ1n) is 2.98. The molecule has 0 saturated carbocycles. The highest BCUT2D eigenvalue weighted by atomic mass is 79.9. The second-order valence-corrected chi connectivity index (χ2v) is 2.90. The lowest BCUT2D eigenvalue weighted by atomic mass is 10.2. The summed E-state index contributed by atoms with van der Waals surface area (Å²) in [6, 6.07) is 3.32. The van der Waals surface area contributed by atoms with Gasteiger partial charge in [0.2, 0.25) is 0 Å². The zero-order chi connectivity index (χ0) is 8.27. The molecule has 0 aliphatic heterocycles. The first-order valence-corrected chi connectivity index (χ1v) is 3.90. The van der Waals surface area contributed by atoms with E-state index < -0.39 is 10.8 Å². The molecule has 1 N–H and O–H groups in total. The molecule has 1 heterocycles. The molecular weight excluding hydrogens is 210 g/mol. The summed E-state index contributed by atoms with van der Waals surface area (Å²) in [5.74, 6) is -0.892. The number of carbonyl (C=O) groups is 1. The van der Waals surface area contributed by atoms with E-state index in [4.69, 9.17) is 5.11 Å². The number of halogens is 1. The third-order valence-electron chi connectivity index (χ3n) is 1.22. The minimum atomic E-state index is -0.892. The predicted molar refractivity (Wildman–Crippen MR) is 43.5 cm³/mol. The Hall–Kier alpha value is -0.900. The van der Waals surface area contributed by atoms with Crippen LogP contribution in [0.15, 0.2) is 24.5 Å².